The maximum atomic E-state index is 12.8. The van der Waals surface area contributed by atoms with Gasteiger partial charge in [0.05, 0.1) is 12.2 Å². The summed E-state index contributed by atoms with van der Waals surface area (Å²) in [5.74, 6) is 0. The molecule has 5 heteroatoms. The van der Waals surface area contributed by atoms with Crippen LogP contribution in [0.25, 0.3) is 10.4 Å². The number of aryl methyl sites for hydroxylation is 1. The molecule has 2 aromatic rings. The lowest BCUT2D eigenvalue weighted by Crippen LogP contribution is -2.09. The van der Waals surface area contributed by atoms with Gasteiger partial charge in [-0.1, -0.05) is 12.1 Å². The molecule has 1 aromatic heterocycles. The molecule has 0 aliphatic carbocycles. The van der Waals surface area contributed by atoms with Crippen LogP contribution in [0.4, 0.5) is 13.2 Å². The van der Waals surface area contributed by atoms with E-state index < -0.39 is 18.3 Å². The molecular formula is C13H11F3OS. The average Bonchev–Trinajstić information content (AvgIpc) is 2.74. The zero-order valence-electron chi connectivity index (χ0n) is 9.58. The number of thiophene rings is 1. The highest BCUT2D eigenvalue weighted by molar-refractivity contribution is 7.15. The van der Waals surface area contributed by atoms with Crippen LogP contribution in [0.5, 0.6) is 0 Å². The molecule has 0 saturated heterocycles. The minimum absolute atomic E-state index is 0.0977. The first-order valence-electron chi connectivity index (χ1n) is 5.29. The molecule has 96 valence electrons. The van der Waals surface area contributed by atoms with Gasteiger partial charge < -0.3 is 5.11 Å². The van der Waals surface area contributed by atoms with Crippen molar-refractivity contribution in [1.29, 1.82) is 0 Å². The van der Waals surface area contributed by atoms with E-state index in [4.69, 9.17) is 5.11 Å². The minimum atomic E-state index is -4.44. The summed E-state index contributed by atoms with van der Waals surface area (Å²) in [6, 6.07) is 7.69. The zero-order chi connectivity index (χ0) is 13.3. The van der Waals surface area contributed by atoms with Gasteiger partial charge in [0.25, 0.3) is 0 Å². The number of aliphatic hydroxyl groups excluding tert-OH is 1. The van der Waals surface area contributed by atoms with Crippen molar-refractivity contribution in [3.8, 4) is 10.4 Å². The van der Waals surface area contributed by atoms with Gasteiger partial charge in [0.1, 0.15) is 0 Å². The van der Waals surface area contributed by atoms with Crippen LogP contribution in [0.3, 0.4) is 0 Å². The molecule has 0 saturated carbocycles. The molecule has 0 amide bonds. The van der Waals surface area contributed by atoms with Crippen molar-refractivity contribution in [2.45, 2.75) is 19.7 Å². The molecule has 0 radical (unpaired) electrons. The van der Waals surface area contributed by atoms with Gasteiger partial charge in [-0.3, -0.25) is 0 Å². The summed E-state index contributed by atoms with van der Waals surface area (Å²) < 4.78 is 38.5. The summed E-state index contributed by atoms with van der Waals surface area (Å²) in [6.07, 6.45) is -4.44. The van der Waals surface area contributed by atoms with Gasteiger partial charge in [0.15, 0.2) is 0 Å². The van der Waals surface area contributed by atoms with Crippen LogP contribution in [0, 0.1) is 6.92 Å². The van der Waals surface area contributed by atoms with Gasteiger partial charge in [0.2, 0.25) is 0 Å². The Morgan fingerprint density at radius 2 is 1.89 bits per heavy atom. The molecule has 1 heterocycles. The van der Waals surface area contributed by atoms with Crippen molar-refractivity contribution < 1.29 is 18.3 Å². The largest absolute Gasteiger partial charge is 0.416 e. The molecule has 2 rings (SSSR count). The lowest BCUT2D eigenvalue weighted by molar-refractivity contribution is -0.138. The van der Waals surface area contributed by atoms with E-state index in [0.717, 1.165) is 15.8 Å². The highest BCUT2D eigenvalue weighted by Gasteiger charge is 2.33. The maximum Gasteiger partial charge on any atom is 0.416 e. The van der Waals surface area contributed by atoms with Crippen LogP contribution in [-0.2, 0) is 12.8 Å². The summed E-state index contributed by atoms with van der Waals surface area (Å²) in [5, 5.41) is 8.95. The molecule has 18 heavy (non-hydrogen) atoms. The van der Waals surface area contributed by atoms with Crippen molar-refractivity contribution >= 4 is 11.3 Å². The second-order valence-corrected chi connectivity index (χ2v) is 5.23. The second kappa shape index (κ2) is 4.74. The van der Waals surface area contributed by atoms with Gasteiger partial charge in [-0.15, -0.1) is 11.3 Å². The number of aliphatic hydroxyl groups is 1. The van der Waals surface area contributed by atoms with Crippen LogP contribution in [0.2, 0.25) is 0 Å². The third kappa shape index (κ3) is 2.57. The summed E-state index contributed by atoms with van der Waals surface area (Å²) in [7, 11) is 0. The molecular weight excluding hydrogens is 261 g/mol. The molecule has 1 aromatic carbocycles. The van der Waals surface area contributed by atoms with Gasteiger partial charge in [0, 0.05) is 9.75 Å². The predicted molar refractivity (Wildman–Crippen MR) is 65.4 cm³/mol. The number of rotatable bonds is 2. The van der Waals surface area contributed by atoms with E-state index in [1.54, 1.807) is 12.1 Å². The summed E-state index contributed by atoms with van der Waals surface area (Å²) in [6.45, 7) is 1.29. The standard InChI is InChI=1S/C13H11F3OS/c1-8-2-5-12(18-8)9-3-4-10(7-17)11(6-9)13(14,15)16/h2-6,17H,7H2,1H3. The fourth-order valence-electron chi connectivity index (χ4n) is 1.72. The Kier molecular flexibility index (Phi) is 3.45. The van der Waals surface area contributed by atoms with E-state index in [-0.39, 0.29) is 5.56 Å². The van der Waals surface area contributed by atoms with Gasteiger partial charge in [-0.2, -0.15) is 13.2 Å². The third-order valence-corrected chi connectivity index (χ3v) is 3.66. The summed E-state index contributed by atoms with van der Waals surface area (Å²) >= 11 is 1.44. The van der Waals surface area contributed by atoms with E-state index in [1.165, 1.54) is 17.4 Å². The van der Waals surface area contributed by atoms with Crippen LogP contribution >= 0.6 is 11.3 Å². The fraction of sp³-hybridized carbons (Fsp3) is 0.231. The topological polar surface area (TPSA) is 20.2 Å². The van der Waals surface area contributed by atoms with E-state index in [1.807, 2.05) is 13.0 Å². The number of halogens is 3. The maximum absolute atomic E-state index is 12.8. The molecule has 0 aliphatic heterocycles. The number of benzene rings is 1. The van der Waals surface area contributed by atoms with Crippen LogP contribution in [0.15, 0.2) is 30.3 Å². The van der Waals surface area contributed by atoms with Crippen molar-refractivity contribution in [1.82, 2.24) is 0 Å². The van der Waals surface area contributed by atoms with Gasteiger partial charge in [-0.25, -0.2) is 0 Å². The summed E-state index contributed by atoms with van der Waals surface area (Å²) in [5.41, 5.74) is -0.342. The van der Waals surface area contributed by atoms with Crippen molar-refractivity contribution in [3.05, 3.63) is 46.3 Å². The highest BCUT2D eigenvalue weighted by atomic mass is 32.1. The monoisotopic (exact) mass is 272 g/mol. The fourth-order valence-corrected chi connectivity index (χ4v) is 2.59. The SMILES string of the molecule is Cc1ccc(-c2ccc(CO)c(C(F)(F)F)c2)s1. The lowest BCUT2D eigenvalue weighted by Gasteiger charge is -2.12. The molecule has 1 nitrogen and oxygen atoms in total. The first kappa shape index (κ1) is 13.1. The molecule has 0 bridgehead atoms. The molecule has 0 atom stereocenters. The van der Waals surface area contributed by atoms with Crippen molar-refractivity contribution in [3.63, 3.8) is 0 Å². The van der Waals surface area contributed by atoms with E-state index in [0.29, 0.717) is 5.56 Å². The van der Waals surface area contributed by atoms with Crippen LogP contribution in [0.1, 0.15) is 16.0 Å². The third-order valence-electron chi connectivity index (χ3n) is 2.61. The normalized spacial score (nSPS) is 11.8. The first-order chi connectivity index (χ1) is 8.41. The van der Waals surface area contributed by atoms with E-state index in [9.17, 15) is 13.2 Å². The number of hydrogen-bond acceptors (Lipinski definition) is 2. The number of hydrogen-bond donors (Lipinski definition) is 1. The molecule has 0 aliphatic rings. The Bertz CT molecular complexity index is 558. The summed E-state index contributed by atoms with van der Waals surface area (Å²) in [4.78, 5) is 1.84. The van der Waals surface area contributed by atoms with Crippen molar-refractivity contribution in [2.75, 3.05) is 0 Å². The van der Waals surface area contributed by atoms with E-state index in [2.05, 4.69) is 0 Å². The first-order valence-corrected chi connectivity index (χ1v) is 6.11. The Labute approximate surface area is 107 Å². The van der Waals surface area contributed by atoms with Crippen LogP contribution in [-0.4, -0.2) is 5.11 Å². The average molecular weight is 272 g/mol. The quantitative estimate of drug-likeness (QED) is 0.867. The minimum Gasteiger partial charge on any atom is -0.392 e. The van der Waals surface area contributed by atoms with Crippen LogP contribution < -0.4 is 0 Å². The van der Waals surface area contributed by atoms with Gasteiger partial charge >= 0.3 is 6.18 Å². The Hall–Kier alpha value is -1.33. The molecule has 1 N–H and O–H groups in total. The Morgan fingerprint density at radius 3 is 2.39 bits per heavy atom. The highest BCUT2D eigenvalue weighted by Crippen LogP contribution is 2.36. The van der Waals surface area contributed by atoms with Crippen molar-refractivity contribution in [2.24, 2.45) is 0 Å². The van der Waals surface area contributed by atoms with E-state index >= 15 is 0 Å². The molecule has 0 unspecified atom stereocenters. The van der Waals surface area contributed by atoms with Gasteiger partial charge in [-0.05, 0) is 36.2 Å². The molecule has 0 spiro atoms. The Morgan fingerprint density at radius 1 is 1.17 bits per heavy atom. The Balaban J connectivity index is 2.52. The molecule has 0 fully saturated rings. The second-order valence-electron chi connectivity index (χ2n) is 3.94. The zero-order valence-corrected chi connectivity index (χ0v) is 10.4. The predicted octanol–water partition coefficient (Wildman–Crippen LogP) is 4.23. The lowest BCUT2D eigenvalue weighted by atomic mass is 10.0. The smallest absolute Gasteiger partial charge is 0.392 e. The number of alkyl halides is 3.